The quantitative estimate of drug-likeness (QED) is 0.836. The van der Waals surface area contributed by atoms with Gasteiger partial charge in [-0.05, 0) is 37.8 Å². The van der Waals surface area contributed by atoms with Gasteiger partial charge in [0.15, 0.2) is 11.5 Å². The van der Waals surface area contributed by atoms with Crippen molar-refractivity contribution in [3.05, 3.63) is 24.3 Å². The highest BCUT2D eigenvalue weighted by atomic mass is 16.5. The first kappa shape index (κ1) is 13.7. The van der Waals surface area contributed by atoms with Gasteiger partial charge < -0.3 is 19.9 Å². The van der Waals surface area contributed by atoms with Crippen molar-refractivity contribution < 1.29 is 14.6 Å². The van der Waals surface area contributed by atoms with E-state index in [2.05, 4.69) is 5.32 Å². The predicted octanol–water partition coefficient (Wildman–Crippen LogP) is 2.11. The van der Waals surface area contributed by atoms with E-state index in [0.29, 0.717) is 6.04 Å². The van der Waals surface area contributed by atoms with Gasteiger partial charge in [0.1, 0.15) is 6.10 Å². The van der Waals surface area contributed by atoms with Crippen LogP contribution < -0.4 is 14.8 Å². The summed E-state index contributed by atoms with van der Waals surface area (Å²) in [6, 6.07) is 8.34. The first-order valence-corrected chi connectivity index (χ1v) is 7.43. The molecule has 4 nitrogen and oxygen atoms in total. The summed E-state index contributed by atoms with van der Waals surface area (Å²) in [5.74, 6) is 1.56. The molecule has 1 aromatic carbocycles. The van der Waals surface area contributed by atoms with Crippen molar-refractivity contribution in [2.75, 3.05) is 13.7 Å². The van der Waals surface area contributed by atoms with Gasteiger partial charge in [0.05, 0.1) is 13.7 Å². The molecule has 3 rings (SSSR count). The summed E-state index contributed by atoms with van der Waals surface area (Å²) in [5.41, 5.74) is -0.145. The van der Waals surface area contributed by atoms with Crippen molar-refractivity contribution in [2.24, 2.45) is 0 Å². The van der Waals surface area contributed by atoms with Crippen LogP contribution in [0.2, 0.25) is 0 Å². The molecule has 20 heavy (non-hydrogen) atoms. The van der Waals surface area contributed by atoms with E-state index in [0.717, 1.165) is 30.8 Å². The third-order valence-electron chi connectivity index (χ3n) is 4.32. The van der Waals surface area contributed by atoms with E-state index in [9.17, 15) is 5.11 Å². The Kier molecular flexibility index (Phi) is 3.85. The van der Waals surface area contributed by atoms with Gasteiger partial charge in [0, 0.05) is 18.0 Å². The molecule has 0 amide bonds. The number of aliphatic hydroxyl groups excluding tert-OH is 1. The van der Waals surface area contributed by atoms with Crippen LogP contribution in [0.3, 0.4) is 0 Å². The Balaban J connectivity index is 1.64. The molecule has 2 aliphatic rings. The van der Waals surface area contributed by atoms with Gasteiger partial charge in [-0.15, -0.1) is 0 Å². The van der Waals surface area contributed by atoms with Gasteiger partial charge in [-0.25, -0.2) is 0 Å². The zero-order valence-electron chi connectivity index (χ0n) is 12.0. The number of hydrogen-bond donors (Lipinski definition) is 2. The number of aliphatic hydroxyl groups is 1. The lowest BCUT2D eigenvalue weighted by molar-refractivity contribution is 0.137. The Morgan fingerprint density at radius 3 is 2.65 bits per heavy atom. The van der Waals surface area contributed by atoms with Crippen molar-refractivity contribution in [3.8, 4) is 11.5 Å². The number of para-hydroxylation sites is 2. The highest BCUT2D eigenvalue weighted by molar-refractivity contribution is 5.39. The fraction of sp³-hybridized carbons (Fsp3) is 0.625. The van der Waals surface area contributed by atoms with E-state index >= 15 is 0 Å². The van der Waals surface area contributed by atoms with Crippen LogP contribution in [-0.2, 0) is 0 Å². The summed E-state index contributed by atoms with van der Waals surface area (Å²) >= 11 is 0. The smallest absolute Gasteiger partial charge is 0.161 e. The Morgan fingerprint density at radius 2 is 2.00 bits per heavy atom. The number of hydrogen-bond acceptors (Lipinski definition) is 4. The van der Waals surface area contributed by atoms with Gasteiger partial charge >= 0.3 is 0 Å². The summed E-state index contributed by atoms with van der Waals surface area (Å²) in [6.45, 7) is 0.190. The lowest BCUT2D eigenvalue weighted by atomic mass is 9.98. The van der Waals surface area contributed by atoms with Crippen LogP contribution in [0.5, 0.6) is 11.5 Å². The number of ether oxygens (including phenoxy) is 2. The average Bonchev–Trinajstić information content (AvgIpc) is 3.20. The van der Waals surface area contributed by atoms with Crippen LogP contribution in [0.25, 0.3) is 0 Å². The van der Waals surface area contributed by atoms with Gasteiger partial charge in [0.2, 0.25) is 0 Å². The van der Waals surface area contributed by atoms with E-state index in [1.54, 1.807) is 7.11 Å². The lowest BCUT2D eigenvalue weighted by Crippen LogP contribution is -2.48. The van der Waals surface area contributed by atoms with Crippen LogP contribution in [0.15, 0.2) is 24.3 Å². The number of benzene rings is 1. The molecular formula is C16H23NO3. The normalized spacial score (nSPS) is 29.4. The van der Waals surface area contributed by atoms with E-state index in [-0.39, 0.29) is 18.2 Å². The minimum atomic E-state index is -0.145. The molecule has 1 aromatic rings. The Morgan fingerprint density at radius 1 is 1.25 bits per heavy atom. The molecule has 0 saturated heterocycles. The highest BCUT2D eigenvalue weighted by Gasteiger charge is 2.43. The zero-order valence-corrected chi connectivity index (χ0v) is 12.0. The lowest BCUT2D eigenvalue weighted by Gasteiger charge is -2.28. The standard InChI is InChI=1S/C16H23NO3/c1-19-14-4-2-3-5-15(14)20-13-8-9-16(10-13,11-18)17-12-6-7-12/h2-5,12-13,17-18H,6-11H2,1H3. The Labute approximate surface area is 120 Å². The Hall–Kier alpha value is -1.26. The number of rotatable bonds is 6. The van der Waals surface area contributed by atoms with Crippen LogP contribution in [-0.4, -0.2) is 36.5 Å². The maximum absolute atomic E-state index is 9.74. The molecule has 0 aliphatic heterocycles. The largest absolute Gasteiger partial charge is 0.493 e. The fourth-order valence-electron chi connectivity index (χ4n) is 3.05. The minimum Gasteiger partial charge on any atom is -0.493 e. The molecule has 2 fully saturated rings. The Bertz CT molecular complexity index is 461. The third-order valence-corrected chi connectivity index (χ3v) is 4.32. The first-order valence-electron chi connectivity index (χ1n) is 7.43. The molecule has 2 atom stereocenters. The van der Waals surface area contributed by atoms with Crippen LogP contribution in [0.1, 0.15) is 32.1 Å². The van der Waals surface area contributed by atoms with Gasteiger partial charge in [0.25, 0.3) is 0 Å². The topological polar surface area (TPSA) is 50.7 Å². The molecule has 110 valence electrons. The van der Waals surface area contributed by atoms with Crippen LogP contribution in [0.4, 0.5) is 0 Å². The van der Waals surface area contributed by atoms with Gasteiger partial charge in [-0.1, -0.05) is 12.1 Å². The third kappa shape index (κ3) is 2.91. The molecular weight excluding hydrogens is 254 g/mol. The average molecular weight is 277 g/mol. The fourth-order valence-corrected chi connectivity index (χ4v) is 3.05. The molecule has 0 spiro atoms. The molecule has 0 aromatic heterocycles. The summed E-state index contributed by atoms with van der Waals surface area (Å²) in [5, 5.41) is 13.3. The van der Waals surface area contributed by atoms with Crippen molar-refractivity contribution in [3.63, 3.8) is 0 Å². The van der Waals surface area contributed by atoms with Crippen LogP contribution in [0, 0.1) is 0 Å². The van der Waals surface area contributed by atoms with Crippen molar-refractivity contribution in [1.29, 1.82) is 0 Å². The first-order chi connectivity index (χ1) is 9.74. The van der Waals surface area contributed by atoms with Crippen LogP contribution >= 0.6 is 0 Å². The maximum atomic E-state index is 9.74. The number of nitrogens with one attached hydrogen (secondary N) is 1. The van der Waals surface area contributed by atoms with Crippen molar-refractivity contribution in [1.82, 2.24) is 5.32 Å². The second kappa shape index (κ2) is 5.62. The van der Waals surface area contributed by atoms with E-state index < -0.39 is 0 Å². The predicted molar refractivity (Wildman–Crippen MR) is 77.2 cm³/mol. The summed E-state index contributed by atoms with van der Waals surface area (Å²) in [7, 11) is 1.66. The van der Waals surface area contributed by atoms with E-state index in [4.69, 9.17) is 9.47 Å². The second-order valence-corrected chi connectivity index (χ2v) is 5.99. The molecule has 2 saturated carbocycles. The monoisotopic (exact) mass is 277 g/mol. The summed E-state index contributed by atoms with van der Waals surface area (Å²) < 4.78 is 11.4. The van der Waals surface area contributed by atoms with Gasteiger partial charge in [-0.3, -0.25) is 0 Å². The summed E-state index contributed by atoms with van der Waals surface area (Å²) in [6.07, 6.45) is 5.42. The molecule has 0 heterocycles. The molecule has 4 heteroatoms. The molecule has 2 unspecified atom stereocenters. The van der Waals surface area contributed by atoms with E-state index in [1.807, 2.05) is 24.3 Å². The number of methoxy groups -OCH3 is 1. The zero-order chi connectivity index (χ0) is 14.0. The molecule has 2 N–H and O–H groups in total. The minimum absolute atomic E-state index is 0.143. The van der Waals surface area contributed by atoms with Gasteiger partial charge in [-0.2, -0.15) is 0 Å². The highest BCUT2D eigenvalue weighted by Crippen LogP contribution is 2.37. The second-order valence-electron chi connectivity index (χ2n) is 5.99. The molecule has 2 aliphatic carbocycles. The maximum Gasteiger partial charge on any atom is 0.161 e. The summed E-state index contributed by atoms with van der Waals surface area (Å²) in [4.78, 5) is 0. The van der Waals surface area contributed by atoms with Crippen molar-refractivity contribution >= 4 is 0 Å². The van der Waals surface area contributed by atoms with E-state index in [1.165, 1.54) is 12.8 Å². The van der Waals surface area contributed by atoms with Crippen molar-refractivity contribution in [2.45, 2.75) is 49.8 Å². The molecule has 0 radical (unpaired) electrons. The molecule has 0 bridgehead atoms. The SMILES string of the molecule is COc1ccccc1OC1CCC(CO)(NC2CC2)C1.